The van der Waals surface area contributed by atoms with Gasteiger partial charge in [0.05, 0.1) is 26.9 Å². The molecular formula is C22H31IN4O3. The molecule has 1 saturated heterocycles. The molecule has 2 heterocycles. The van der Waals surface area contributed by atoms with Gasteiger partial charge in [-0.3, -0.25) is 0 Å². The van der Waals surface area contributed by atoms with Gasteiger partial charge in [0.25, 0.3) is 0 Å². The Morgan fingerprint density at radius 3 is 2.80 bits per heavy atom. The lowest BCUT2D eigenvalue weighted by atomic mass is 10.1. The number of halogens is 1. The third kappa shape index (κ3) is 7.32. The van der Waals surface area contributed by atoms with Crippen molar-refractivity contribution in [2.75, 3.05) is 26.9 Å². The van der Waals surface area contributed by atoms with E-state index in [9.17, 15) is 0 Å². The van der Waals surface area contributed by atoms with Crippen molar-refractivity contribution in [2.24, 2.45) is 4.99 Å². The maximum Gasteiger partial charge on any atom is 0.212 e. The number of pyridine rings is 1. The van der Waals surface area contributed by atoms with Gasteiger partial charge in [0.1, 0.15) is 11.9 Å². The fourth-order valence-electron chi connectivity index (χ4n) is 3.02. The highest BCUT2D eigenvalue weighted by molar-refractivity contribution is 14.0. The van der Waals surface area contributed by atoms with Gasteiger partial charge in [0, 0.05) is 37.3 Å². The summed E-state index contributed by atoms with van der Waals surface area (Å²) in [6.45, 7) is 7.47. The molecule has 2 aromatic rings. The van der Waals surface area contributed by atoms with E-state index in [0.717, 1.165) is 42.4 Å². The van der Waals surface area contributed by atoms with Gasteiger partial charge < -0.3 is 24.8 Å². The summed E-state index contributed by atoms with van der Waals surface area (Å²) in [7, 11) is 1.61. The van der Waals surface area contributed by atoms with Crippen molar-refractivity contribution in [3.8, 4) is 11.6 Å². The predicted molar refractivity (Wildman–Crippen MR) is 129 cm³/mol. The Kier molecular flexibility index (Phi) is 10.2. The van der Waals surface area contributed by atoms with Crippen molar-refractivity contribution >= 4 is 29.9 Å². The molecule has 2 N–H and O–H groups in total. The molecule has 0 bridgehead atoms. The van der Waals surface area contributed by atoms with Crippen LogP contribution in [0, 0.1) is 6.92 Å². The highest BCUT2D eigenvalue weighted by Gasteiger charge is 2.18. The molecule has 1 atom stereocenters. The lowest BCUT2D eigenvalue weighted by Crippen LogP contribution is -2.37. The highest BCUT2D eigenvalue weighted by Crippen LogP contribution is 2.23. The van der Waals surface area contributed by atoms with Crippen LogP contribution in [-0.2, 0) is 17.8 Å². The molecule has 7 nitrogen and oxygen atoms in total. The molecule has 0 aliphatic carbocycles. The van der Waals surface area contributed by atoms with Gasteiger partial charge in [0.15, 0.2) is 5.96 Å². The van der Waals surface area contributed by atoms with Gasteiger partial charge in [-0.15, -0.1) is 24.0 Å². The lowest BCUT2D eigenvalue weighted by Gasteiger charge is -2.18. The van der Waals surface area contributed by atoms with Crippen LogP contribution in [0.2, 0.25) is 0 Å². The number of aryl methyl sites for hydroxylation is 1. The third-order valence-electron chi connectivity index (χ3n) is 4.62. The number of ether oxygens (including phenoxy) is 3. The Labute approximate surface area is 195 Å². The minimum Gasteiger partial charge on any atom is -0.488 e. The van der Waals surface area contributed by atoms with Crippen molar-refractivity contribution in [3.63, 3.8) is 0 Å². The van der Waals surface area contributed by atoms with E-state index in [-0.39, 0.29) is 30.1 Å². The topological polar surface area (TPSA) is 77.0 Å². The third-order valence-corrected chi connectivity index (χ3v) is 4.62. The average molecular weight is 526 g/mol. The molecule has 1 fully saturated rings. The summed E-state index contributed by atoms with van der Waals surface area (Å²) < 4.78 is 16.7. The number of nitrogens with one attached hydrogen (secondary N) is 2. The van der Waals surface area contributed by atoms with Crippen molar-refractivity contribution in [1.82, 2.24) is 15.6 Å². The van der Waals surface area contributed by atoms with Gasteiger partial charge in [-0.1, -0.05) is 18.2 Å². The first-order valence-electron chi connectivity index (χ1n) is 10.0. The zero-order valence-corrected chi connectivity index (χ0v) is 20.1. The van der Waals surface area contributed by atoms with Crippen LogP contribution >= 0.6 is 24.0 Å². The van der Waals surface area contributed by atoms with E-state index in [4.69, 9.17) is 14.2 Å². The standard InChI is InChI=1S/C22H30N4O3.HI/c1-4-23-22(25-13-17-6-8-21(27-3)24-12-17)26-14-18-7-5-16(2)11-20(18)29-19-9-10-28-15-19;/h5-8,11-12,19H,4,9-10,13-15H2,1-3H3,(H2,23,25,26);1H. The van der Waals surface area contributed by atoms with E-state index in [1.165, 1.54) is 5.56 Å². The number of aliphatic imine (C=N–C) groups is 1. The number of methoxy groups -OCH3 is 1. The zero-order chi connectivity index (χ0) is 20.5. The molecular weight excluding hydrogens is 495 g/mol. The minimum absolute atomic E-state index is 0. The Morgan fingerprint density at radius 2 is 2.13 bits per heavy atom. The fraction of sp³-hybridized carbons (Fsp3) is 0.455. The van der Waals surface area contributed by atoms with E-state index in [1.807, 2.05) is 19.1 Å². The maximum atomic E-state index is 6.19. The SMILES string of the molecule is CCNC(=NCc1ccc(OC)nc1)NCc1ccc(C)cc1OC1CCOC1.I. The number of nitrogens with zero attached hydrogens (tertiary/aromatic N) is 2. The average Bonchev–Trinajstić information content (AvgIpc) is 3.24. The van der Waals surface area contributed by atoms with Crippen LogP contribution in [0.1, 0.15) is 30.0 Å². The zero-order valence-electron chi connectivity index (χ0n) is 17.8. The molecule has 1 unspecified atom stereocenters. The summed E-state index contributed by atoms with van der Waals surface area (Å²) in [5, 5.41) is 6.68. The molecule has 0 spiro atoms. The summed E-state index contributed by atoms with van der Waals surface area (Å²) in [5.41, 5.74) is 3.29. The lowest BCUT2D eigenvalue weighted by molar-refractivity contribution is 0.140. The van der Waals surface area contributed by atoms with Crippen LogP contribution < -0.4 is 20.1 Å². The number of hydrogen-bond acceptors (Lipinski definition) is 5. The molecule has 1 aromatic heterocycles. The van der Waals surface area contributed by atoms with Crippen LogP contribution in [0.5, 0.6) is 11.6 Å². The van der Waals surface area contributed by atoms with E-state index in [2.05, 4.69) is 45.7 Å². The van der Waals surface area contributed by atoms with Crippen molar-refractivity contribution in [2.45, 2.75) is 39.5 Å². The molecule has 30 heavy (non-hydrogen) atoms. The number of benzene rings is 1. The number of guanidine groups is 1. The molecule has 1 aliphatic rings. The van der Waals surface area contributed by atoms with Gasteiger partial charge in [0.2, 0.25) is 5.88 Å². The van der Waals surface area contributed by atoms with Crippen LogP contribution in [0.4, 0.5) is 0 Å². The highest BCUT2D eigenvalue weighted by atomic mass is 127. The first-order chi connectivity index (χ1) is 14.2. The second kappa shape index (κ2) is 12.6. The molecule has 164 valence electrons. The van der Waals surface area contributed by atoms with Crippen LogP contribution in [0.15, 0.2) is 41.5 Å². The summed E-state index contributed by atoms with van der Waals surface area (Å²) >= 11 is 0. The smallest absolute Gasteiger partial charge is 0.212 e. The number of aromatic nitrogens is 1. The van der Waals surface area contributed by atoms with Crippen LogP contribution in [0.3, 0.4) is 0 Å². The second-order valence-corrected chi connectivity index (χ2v) is 6.97. The molecule has 8 heteroatoms. The molecule has 1 aliphatic heterocycles. The Balaban J connectivity index is 0.00000320. The summed E-state index contributed by atoms with van der Waals surface area (Å²) in [6.07, 6.45) is 2.84. The van der Waals surface area contributed by atoms with Gasteiger partial charge in [-0.25, -0.2) is 9.98 Å². The molecule has 0 saturated carbocycles. The Hall–Kier alpha value is -2.07. The first kappa shape index (κ1) is 24.2. The normalized spacial score (nSPS) is 16.0. The first-order valence-corrected chi connectivity index (χ1v) is 10.0. The molecule has 3 rings (SSSR count). The minimum atomic E-state index is 0. The van der Waals surface area contributed by atoms with Crippen molar-refractivity contribution < 1.29 is 14.2 Å². The summed E-state index contributed by atoms with van der Waals surface area (Å²) in [5.74, 6) is 2.25. The van der Waals surface area contributed by atoms with Crippen molar-refractivity contribution in [3.05, 3.63) is 53.2 Å². The van der Waals surface area contributed by atoms with Crippen LogP contribution in [0.25, 0.3) is 0 Å². The number of rotatable bonds is 8. The van der Waals surface area contributed by atoms with E-state index < -0.39 is 0 Å². The van der Waals surface area contributed by atoms with E-state index in [1.54, 1.807) is 13.3 Å². The Morgan fingerprint density at radius 1 is 1.27 bits per heavy atom. The fourth-order valence-corrected chi connectivity index (χ4v) is 3.02. The molecule has 1 aromatic carbocycles. The maximum absolute atomic E-state index is 6.19. The van der Waals surface area contributed by atoms with E-state index >= 15 is 0 Å². The quantitative estimate of drug-likeness (QED) is 0.312. The van der Waals surface area contributed by atoms with Crippen LogP contribution in [-0.4, -0.2) is 43.9 Å². The van der Waals surface area contributed by atoms with Gasteiger partial charge >= 0.3 is 0 Å². The van der Waals surface area contributed by atoms with Gasteiger partial charge in [-0.2, -0.15) is 0 Å². The Bertz CT molecular complexity index is 809. The van der Waals surface area contributed by atoms with Gasteiger partial charge in [-0.05, 0) is 31.0 Å². The summed E-state index contributed by atoms with van der Waals surface area (Å²) in [4.78, 5) is 8.88. The number of hydrogen-bond donors (Lipinski definition) is 2. The van der Waals surface area contributed by atoms with E-state index in [0.29, 0.717) is 25.6 Å². The monoisotopic (exact) mass is 526 g/mol. The largest absolute Gasteiger partial charge is 0.488 e. The molecule has 0 radical (unpaired) electrons. The predicted octanol–water partition coefficient (Wildman–Crippen LogP) is 3.44. The summed E-state index contributed by atoms with van der Waals surface area (Å²) in [6, 6.07) is 10.1. The molecule has 0 amide bonds. The second-order valence-electron chi connectivity index (χ2n) is 6.97. The van der Waals surface area contributed by atoms with Crippen molar-refractivity contribution in [1.29, 1.82) is 0 Å².